The fraction of sp³-hybridized carbons (Fsp3) is 0.600. The molecule has 142 valence electrons. The lowest BCUT2D eigenvalue weighted by Gasteiger charge is -2.35. The number of piperidine rings is 1. The molecule has 1 aliphatic carbocycles. The van der Waals surface area contributed by atoms with Crippen molar-refractivity contribution in [2.45, 2.75) is 51.5 Å². The molecule has 1 heterocycles. The van der Waals surface area contributed by atoms with Crippen LogP contribution in [0, 0.1) is 17.7 Å². The number of likely N-dealkylation sites (tertiary alicyclic amines) is 1. The van der Waals surface area contributed by atoms with Gasteiger partial charge in [0.05, 0.1) is 5.92 Å². The zero-order valence-corrected chi connectivity index (χ0v) is 15.7. The average molecular weight is 381 g/mol. The summed E-state index contributed by atoms with van der Waals surface area (Å²) in [7, 11) is 0. The number of carbonyl (C=O) groups is 2. The van der Waals surface area contributed by atoms with Crippen LogP contribution in [-0.4, -0.2) is 29.8 Å². The highest BCUT2D eigenvalue weighted by Crippen LogP contribution is 2.27. The summed E-state index contributed by atoms with van der Waals surface area (Å²) < 4.78 is 13.8. The van der Waals surface area contributed by atoms with Crippen molar-refractivity contribution >= 4 is 23.4 Å². The van der Waals surface area contributed by atoms with Crippen molar-refractivity contribution < 1.29 is 14.0 Å². The van der Waals surface area contributed by atoms with Crippen LogP contribution in [0.2, 0.25) is 5.02 Å². The first-order valence-corrected chi connectivity index (χ1v) is 9.90. The van der Waals surface area contributed by atoms with Gasteiger partial charge in [-0.25, -0.2) is 4.39 Å². The van der Waals surface area contributed by atoms with E-state index in [-0.39, 0.29) is 24.3 Å². The molecule has 6 heteroatoms. The smallest absolute Gasteiger partial charge is 0.225 e. The number of hydrogen-bond acceptors (Lipinski definition) is 2. The molecule has 1 aromatic rings. The molecule has 4 nitrogen and oxygen atoms in total. The third-order valence-corrected chi connectivity index (χ3v) is 5.93. The number of nitrogens with one attached hydrogen (secondary N) is 1. The molecule has 1 saturated carbocycles. The summed E-state index contributed by atoms with van der Waals surface area (Å²) in [6, 6.07) is 4.48. The highest BCUT2D eigenvalue weighted by molar-refractivity contribution is 6.31. The van der Waals surface area contributed by atoms with Gasteiger partial charge in [-0.3, -0.25) is 9.59 Å². The van der Waals surface area contributed by atoms with E-state index < -0.39 is 5.82 Å². The predicted molar refractivity (Wildman–Crippen MR) is 99.1 cm³/mol. The molecule has 2 aliphatic rings. The van der Waals surface area contributed by atoms with E-state index in [9.17, 15) is 14.0 Å². The Labute approximate surface area is 159 Å². The van der Waals surface area contributed by atoms with Gasteiger partial charge >= 0.3 is 0 Å². The Kier molecular flexibility index (Phi) is 6.52. The van der Waals surface area contributed by atoms with Crippen LogP contribution in [0.4, 0.5) is 4.39 Å². The maximum absolute atomic E-state index is 13.8. The molecule has 1 unspecified atom stereocenters. The summed E-state index contributed by atoms with van der Waals surface area (Å²) in [6.45, 7) is 1.30. The molecule has 26 heavy (non-hydrogen) atoms. The molecule has 2 amide bonds. The second-order valence-corrected chi connectivity index (χ2v) is 7.86. The Morgan fingerprint density at radius 2 is 2.00 bits per heavy atom. The van der Waals surface area contributed by atoms with Crippen molar-refractivity contribution in [3.63, 3.8) is 0 Å². The maximum atomic E-state index is 13.8. The third-order valence-electron chi connectivity index (χ3n) is 5.58. The van der Waals surface area contributed by atoms with Crippen LogP contribution in [0.3, 0.4) is 0 Å². The number of rotatable bonds is 5. The van der Waals surface area contributed by atoms with E-state index >= 15 is 0 Å². The van der Waals surface area contributed by atoms with Crippen LogP contribution >= 0.6 is 11.6 Å². The minimum Gasteiger partial charge on any atom is -0.352 e. The van der Waals surface area contributed by atoms with Crippen molar-refractivity contribution in [3.8, 4) is 0 Å². The summed E-state index contributed by atoms with van der Waals surface area (Å²) in [4.78, 5) is 26.6. The van der Waals surface area contributed by atoms with E-state index in [0.29, 0.717) is 35.9 Å². The first-order valence-electron chi connectivity index (χ1n) is 9.53. The van der Waals surface area contributed by atoms with Gasteiger partial charge in [0.1, 0.15) is 5.82 Å². The van der Waals surface area contributed by atoms with E-state index in [1.807, 2.05) is 4.90 Å². The van der Waals surface area contributed by atoms with Crippen LogP contribution in [0.25, 0.3) is 0 Å². The van der Waals surface area contributed by atoms with Crippen LogP contribution in [0.5, 0.6) is 0 Å². The summed E-state index contributed by atoms with van der Waals surface area (Å²) >= 11 is 6.01. The number of halogens is 2. The van der Waals surface area contributed by atoms with Gasteiger partial charge in [-0.05, 0) is 37.3 Å². The molecule has 1 saturated heterocycles. The molecular weight excluding hydrogens is 355 g/mol. The third kappa shape index (κ3) is 4.76. The highest BCUT2D eigenvalue weighted by Gasteiger charge is 2.31. The van der Waals surface area contributed by atoms with Crippen LogP contribution in [-0.2, 0) is 16.1 Å². The number of carbonyl (C=O) groups excluding carboxylic acids is 2. The molecule has 0 aromatic heterocycles. The topological polar surface area (TPSA) is 49.4 Å². The molecule has 0 bridgehead atoms. The first kappa shape index (κ1) is 19.2. The van der Waals surface area contributed by atoms with Crippen LogP contribution < -0.4 is 5.32 Å². The predicted octanol–water partition coefficient (Wildman–Crippen LogP) is 3.91. The largest absolute Gasteiger partial charge is 0.352 e. The van der Waals surface area contributed by atoms with E-state index in [4.69, 9.17) is 11.6 Å². The van der Waals surface area contributed by atoms with Gasteiger partial charge < -0.3 is 10.2 Å². The van der Waals surface area contributed by atoms with E-state index in [1.54, 1.807) is 12.1 Å². The Morgan fingerprint density at radius 1 is 1.23 bits per heavy atom. The zero-order valence-electron chi connectivity index (χ0n) is 15.0. The lowest BCUT2D eigenvalue weighted by molar-refractivity contribution is -0.139. The molecule has 0 spiro atoms. The van der Waals surface area contributed by atoms with Crippen LogP contribution in [0.1, 0.15) is 50.5 Å². The second-order valence-electron chi connectivity index (χ2n) is 7.46. The Balaban J connectivity index is 1.54. The van der Waals surface area contributed by atoms with E-state index in [2.05, 4.69) is 5.32 Å². The molecule has 1 aliphatic heterocycles. The zero-order chi connectivity index (χ0) is 18.5. The van der Waals surface area contributed by atoms with E-state index in [1.165, 1.54) is 38.2 Å². The molecule has 1 atom stereocenters. The Bertz CT molecular complexity index is 641. The molecule has 1 N–H and O–H groups in total. The van der Waals surface area contributed by atoms with Gasteiger partial charge in [-0.1, -0.05) is 36.9 Å². The van der Waals surface area contributed by atoms with Crippen molar-refractivity contribution in [2.75, 3.05) is 13.1 Å². The quantitative estimate of drug-likeness (QED) is 0.841. The van der Waals surface area contributed by atoms with Gasteiger partial charge in [0.25, 0.3) is 0 Å². The number of nitrogens with zero attached hydrogens (tertiary/aromatic N) is 1. The van der Waals surface area contributed by atoms with Gasteiger partial charge in [0.2, 0.25) is 11.8 Å². The maximum Gasteiger partial charge on any atom is 0.225 e. The first-order chi connectivity index (χ1) is 12.5. The molecule has 2 fully saturated rings. The summed E-state index contributed by atoms with van der Waals surface area (Å²) in [5, 5.41) is 3.10. The standard InChI is InChI=1S/C20H26ClFN2O2/c21-17-7-4-8-18(22)16(17)11-23-20(26)15-9-10-19(25)24(13-15)12-14-5-2-1-3-6-14/h4,7-8,14-15H,1-3,5-6,9-13H2,(H,23,26). The minimum atomic E-state index is -0.421. The van der Waals surface area contributed by atoms with Crippen molar-refractivity contribution in [3.05, 3.63) is 34.6 Å². The van der Waals surface area contributed by atoms with Crippen LogP contribution in [0.15, 0.2) is 18.2 Å². The SMILES string of the molecule is O=C(NCc1c(F)cccc1Cl)C1CCC(=O)N(CC2CCCCC2)C1. The lowest BCUT2D eigenvalue weighted by atomic mass is 9.87. The Morgan fingerprint density at radius 3 is 2.73 bits per heavy atom. The number of amides is 2. The van der Waals surface area contributed by atoms with E-state index in [0.717, 1.165) is 6.54 Å². The fourth-order valence-electron chi connectivity index (χ4n) is 4.01. The highest BCUT2D eigenvalue weighted by atomic mass is 35.5. The van der Waals surface area contributed by atoms with Gasteiger partial charge in [-0.15, -0.1) is 0 Å². The summed E-state index contributed by atoms with van der Waals surface area (Å²) in [5.41, 5.74) is 0.300. The van der Waals surface area contributed by atoms with Crippen molar-refractivity contribution in [2.24, 2.45) is 11.8 Å². The van der Waals surface area contributed by atoms with Crippen molar-refractivity contribution in [1.82, 2.24) is 10.2 Å². The number of hydrogen-bond donors (Lipinski definition) is 1. The lowest BCUT2D eigenvalue weighted by Crippen LogP contribution is -2.47. The van der Waals surface area contributed by atoms with Crippen molar-refractivity contribution in [1.29, 1.82) is 0 Å². The molecular formula is C20H26ClFN2O2. The van der Waals surface area contributed by atoms with Gasteiger partial charge in [0, 0.05) is 36.6 Å². The summed E-state index contributed by atoms with van der Waals surface area (Å²) in [5.74, 6) is -0.0774. The minimum absolute atomic E-state index is 0.0669. The monoisotopic (exact) mass is 380 g/mol. The summed E-state index contributed by atoms with van der Waals surface area (Å²) in [6.07, 6.45) is 7.06. The fourth-order valence-corrected chi connectivity index (χ4v) is 4.24. The van der Waals surface area contributed by atoms with Gasteiger partial charge in [0.15, 0.2) is 0 Å². The second kappa shape index (κ2) is 8.85. The molecule has 3 rings (SSSR count). The molecule has 0 radical (unpaired) electrons. The number of benzene rings is 1. The Hall–Kier alpha value is -1.62. The van der Waals surface area contributed by atoms with Gasteiger partial charge in [-0.2, -0.15) is 0 Å². The normalized spacial score (nSPS) is 21.7. The molecule has 1 aromatic carbocycles. The average Bonchev–Trinajstić information content (AvgIpc) is 2.64.